The summed E-state index contributed by atoms with van der Waals surface area (Å²) in [7, 11) is 0. The maximum Gasteiger partial charge on any atom is 0.269 e. The zero-order valence-corrected chi connectivity index (χ0v) is 16.7. The zero-order chi connectivity index (χ0) is 19.9. The Morgan fingerprint density at radius 3 is 2.57 bits per heavy atom. The summed E-state index contributed by atoms with van der Waals surface area (Å²) in [6.07, 6.45) is 1.63. The minimum atomic E-state index is -0.454. The van der Waals surface area contributed by atoms with Gasteiger partial charge in [-0.1, -0.05) is 18.2 Å². The summed E-state index contributed by atoms with van der Waals surface area (Å²) < 4.78 is 20.2. The van der Waals surface area contributed by atoms with Crippen molar-refractivity contribution in [1.29, 1.82) is 0 Å². The third kappa shape index (κ3) is 5.26. The molecule has 0 aliphatic heterocycles. The van der Waals surface area contributed by atoms with Crippen molar-refractivity contribution in [2.75, 3.05) is 5.43 Å². The molecule has 6 nitrogen and oxygen atoms in total. The Balaban J connectivity index is 1.59. The molecule has 3 rings (SSSR count). The van der Waals surface area contributed by atoms with Gasteiger partial charge >= 0.3 is 0 Å². The fraction of sp³-hybridized carbons (Fsp3) is 0.0500. The molecule has 0 radical (unpaired) electrons. The monoisotopic (exact) mass is 491 g/mol. The van der Waals surface area contributed by atoms with Crippen LogP contribution < -0.4 is 10.2 Å². The van der Waals surface area contributed by atoms with E-state index < -0.39 is 4.92 Å². The number of ether oxygens (including phenoxy) is 1. The first-order chi connectivity index (χ1) is 13.5. The minimum Gasteiger partial charge on any atom is -0.488 e. The molecule has 0 saturated carbocycles. The number of nitro benzene ring substituents is 1. The van der Waals surface area contributed by atoms with E-state index in [1.165, 1.54) is 18.2 Å². The summed E-state index contributed by atoms with van der Waals surface area (Å²) >= 11 is 2.15. The highest BCUT2D eigenvalue weighted by Gasteiger charge is 2.06. The molecule has 0 aromatic heterocycles. The van der Waals surface area contributed by atoms with Crippen molar-refractivity contribution in [3.63, 3.8) is 0 Å². The molecule has 0 bridgehead atoms. The van der Waals surface area contributed by atoms with Crippen LogP contribution in [-0.4, -0.2) is 11.1 Å². The van der Waals surface area contributed by atoms with Gasteiger partial charge < -0.3 is 4.74 Å². The molecule has 0 atom stereocenters. The Morgan fingerprint density at radius 2 is 1.89 bits per heavy atom. The fourth-order valence-electron chi connectivity index (χ4n) is 2.32. The molecule has 0 aliphatic rings. The molecule has 3 aromatic carbocycles. The Labute approximate surface area is 174 Å². The first-order valence-corrected chi connectivity index (χ1v) is 9.30. The van der Waals surface area contributed by atoms with Gasteiger partial charge in [0.15, 0.2) is 0 Å². The van der Waals surface area contributed by atoms with E-state index in [4.69, 9.17) is 4.74 Å². The normalized spacial score (nSPS) is 10.8. The molecule has 28 heavy (non-hydrogen) atoms. The first kappa shape index (κ1) is 19.7. The van der Waals surface area contributed by atoms with E-state index in [1.54, 1.807) is 42.6 Å². The van der Waals surface area contributed by atoms with E-state index in [0.29, 0.717) is 17.0 Å². The Bertz CT molecular complexity index is 1010. The van der Waals surface area contributed by atoms with Crippen molar-refractivity contribution in [3.8, 4) is 5.75 Å². The van der Waals surface area contributed by atoms with Crippen LogP contribution in [0.25, 0.3) is 0 Å². The van der Waals surface area contributed by atoms with Gasteiger partial charge in [-0.05, 0) is 64.6 Å². The summed E-state index contributed by atoms with van der Waals surface area (Å²) in [6.45, 7) is 0.151. The van der Waals surface area contributed by atoms with E-state index in [2.05, 4.69) is 33.1 Å². The molecule has 0 aliphatic carbocycles. The molecule has 0 heterocycles. The van der Waals surface area contributed by atoms with Crippen molar-refractivity contribution in [1.82, 2.24) is 0 Å². The number of non-ortho nitro benzene ring substituents is 1. The van der Waals surface area contributed by atoms with Crippen molar-refractivity contribution < 1.29 is 14.1 Å². The van der Waals surface area contributed by atoms with Crippen LogP contribution >= 0.6 is 22.6 Å². The van der Waals surface area contributed by atoms with Crippen molar-refractivity contribution >= 4 is 40.2 Å². The molecule has 8 heteroatoms. The number of halogens is 2. The van der Waals surface area contributed by atoms with Crippen LogP contribution in [0.4, 0.5) is 15.8 Å². The Kier molecular flexibility index (Phi) is 6.53. The quantitative estimate of drug-likeness (QED) is 0.209. The SMILES string of the molecule is O=[N+]([O-])c1ccc(N/N=C/c2ccc(OCc3ccccc3F)c(I)c2)cc1. The molecule has 0 fully saturated rings. The van der Waals surface area contributed by atoms with Crippen LogP contribution in [0, 0.1) is 19.5 Å². The van der Waals surface area contributed by atoms with Gasteiger partial charge in [0.25, 0.3) is 5.69 Å². The predicted molar refractivity (Wildman–Crippen MR) is 114 cm³/mol. The van der Waals surface area contributed by atoms with E-state index in [0.717, 1.165) is 9.13 Å². The lowest BCUT2D eigenvalue weighted by Gasteiger charge is -2.09. The second-order valence-electron chi connectivity index (χ2n) is 5.74. The van der Waals surface area contributed by atoms with Crippen LogP contribution in [0.5, 0.6) is 5.75 Å². The number of rotatable bonds is 7. The average Bonchev–Trinajstić information content (AvgIpc) is 2.69. The Hall–Kier alpha value is -3.01. The van der Waals surface area contributed by atoms with Crippen LogP contribution in [0.3, 0.4) is 0 Å². The highest BCUT2D eigenvalue weighted by Crippen LogP contribution is 2.23. The maximum atomic E-state index is 13.7. The molecular formula is C20H15FIN3O3. The molecule has 0 unspecified atom stereocenters. The molecule has 142 valence electrons. The first-order valence-electron chi connectivity index (χ1n) is 8.22. The smallest absolute Gasteiger partial charge is 0.269 e. The number of nitrogens with zero attached hydrogens (tertiary/aromatic N) is 2. The van der Waals surface area contributed by atoms with Gasteiger partial charge in [-0.3, -0.25) is 15.5 Å². The summed E-state index contributed by atoms with van der Waals surface area (Å²) in [5, 5.41) is 14.8. The molecule has 1 N–H and O–H groups in total. The molecule has 0 amide bonds. The topological polar surface area (TPSA) is 76.8 Å². The predicted octanol–water partition coefficient (Wildman–Crippen LogP) is 5.36. The highest BCUT2D eigenvalue weighted by atomic mass is 127. The van der Waals surface area contributed by atoms with Crippen molar-refractivity contribution in [2.24, 2.45) is 5.10 Å². The zero-order valence-electron chi connectivity index (χ0n) is 14.5. The van der Waals surface area contributed by atoms with Gasteiger partial charge in [0.05, 0.1) is 20.4 Å². The lowest BCUT2D eigenvalue weighted by Crippen LogP contribution is -2.00. The molecule has 0 saturated heterocycles. The lowest BCUT2D eigenvalue weighted by molar-refractivity contribution is -0.384. The number of hydrogen-bond donors (Lipinski definition) is 1. The molecule has 3 aromatic rings. The average molecular weight is 491 g/mol. The van der Waals surface area contributed by atoms with Gasteiger partial charge in [-0.15, -0.1) is 0 Å². The fourth-order valence-corrected chi connectivity index (χ4v) is 3.02. The maximum absolute atomic E-state index is 13.7. The number of nitrogens with one attached hydrogen (secondary N) is 1. The van der Waals surface area contributed by atoms with E-state index >= 15 is 0 Å². The number of hydrogen-bond acceptors (Lipinski definition) is 5. The number of benzene rings is 3. The number of nitro groups is 1. The van der Waals surface area contributed by atoms with Crippen LogP contribution in [-0.2, 0) is 6.61 Å². The summed E-state index contributed by atoms with van der Waals surface area (Å²) in [5.41, 5.74) is 4.82. The van der Waals surface area contributed by atoms with Gasteiger partial charge in [0.2, 0.25) is 0 Å². The van der Waals surface area contributed by atoms with Crippen LogP contribution in [0.15, 0.2) is 71.8 Å². The van der Waals surface area contributed by atoms with Crippen molar-refractivity contribution in [2.45, 2.75) is 6.61 Å². The van der Waals surface area contributed by atoms with E-state index in [9.17, 15) is 14.5 Å². The third-order valence-electron chi connectivity index (χ3n) is 3.78. The van der Waals surface area contributed by atoms with Gasteiger partial charge in [0, 0.05) is 17.7 Å². The number of hydrazone groups is 1. The summed E-state index contributed by atoms with van der Waals surface area (Å²) in [4.78, 5) is 10.2. The van der Waals surface area contributed by atoms with Gasteiger partial charge in [0.1, 0.15) is 18.2 Å². The summed E-state index contributed by atoms with van der Waals surface area (Å²) in [6, 6.07) is 18.0. The van der Waals surface area contributed by atoms with Crippen LogP contribution in [0.2, 0.25) is 0 Å². The largest absolute Gasteiger partial charge is 0.488 e. The molecular weight excluding hydrogens is 476 g/mol. The lowest BCUT2D eigenvalue weighted by atomic mass is 10.2. The number of anilines is 1. The highest BCUT2D eigenvalue weighted by molar-refractivity contribution is 14.1. The van der Waals surface area contributed by atoms with Gasteiger partial charge in [-0.25, -0.2) is 4.39 Å². The van der Waals surface area contributed by atoms with Crippen molar-refractivity contribution in [3.05, 3.63) is 97.4 Å². The minimum absolute atomic E-state index is 0.0232. The third-order valence-corrected chi connectivity index (χ3v) is 4.63. The second-order valence-corrected chi connectivity index (χ2v) is 6.91. The second kappa shape index (κ2) is 9.27. The Morgan fingerprint density at radius 1 is 1.14 bits per heavy atom. The van der Waals surface area contributed by atoms with Crippen LogP contribution in [0.1, 0.15) is 11.1 Å². The van der Waals surface area contributed by atoms with E-state index in [1.807, 2.05) is 12.1 Å². The molecule has 0 spiro atoms. The standard InChI is InChI=1S/C20H15FIN3O3/c21-18-4-2-1-3-15(18)13-28-20-10-5-14(11-19(20)22)12-23-24-16-6-8-17(9-7-16)25(26)27/h1-12,24H,13H2/b23-12+. The van der Waals surface area contributed by atoms with E-state index in [-0.39, 0.29) is 18.1 Å². The summed E-state index contributed by atoms with van der Waals surface area (Å²) in [5.74, 6) is 0.364. The van der Waals surface area contributed by atoms with Gasteiger partial charge in [-0.2, -0.15) is 5.10 Å².